The molecule has 5 aliphatic rings. The monoisotopic (exact) mass is 800 g/mol. The van der Waals surface area contributed by atoms with Crippen LogP contribution in [0.5, 0.6) is 0 Å². The molecule has 0 N–H and O–H groups in total. The number of aryl methyl sites for hydroxylation is 1. The predicted molar refractivity (Wildman–Crippen MR) is 264 cm³/mol. The van der Waals surface area contributed by atoms with Gasteiger partial charge in [0.15, 0.2) is 0 Å². The second-order valence-electron chi connectivity index (χ2n) is 19.2. The Morgan fingerprint density at radius 2 is 1.24 bits per heavy atom. The van der Waals surface area contributed by atoms with Crippen LogP contribution in [-0.4, -0.2) is 6.04 Å². The van der Waals surface area contributed by atoms with Crippen molar-refractivity contribution in [3.63, 3.8) is 0 Å². The molecule has 0 fully saturated rings. The van der Waals surface area contributed by atoms with Crippen molar-refractivity contribution in [2.45, 2.75) is 70.3 Å². The van der Waals surface area contributed by atoms with E-state index in [0.29, 0.717) is 12.0 Å². The van der Waals surface area contributed by atoms with Crippen LogP contribution < -0.4 is 9.80 Å². The van der Waals surface area contributed by atoms with Gasteiger partial charge in [-0.05, 0) is 146 Å². The zero-order valence-electron chi connectivity index (χ0n) is 36.2. The van der Waals surface area contributed by atoms with Gasteiger partial charge in [-0.2, -0.15) is 0 Å². The summed E-state index contributed by atoms with van der Waals surface area (Å²) in [6, 6.07) is 51.2. The highest BCUT2D eigenvalue weighted by Gasteiger charge is 2.40. The lowest BCUT2D eigenvalue weighted by atomic mass is 9.70. The van der Waals surface area contributed by atoms with Crippen LogP contribution in [0.3, 0.4) is 0 Å². The summed E-state index contributed by atoms with van der Waals surface area (Å²) < 4.78 is 0. The van der Waals surface area contributed by atoms with Gasteiger partial charge in [-0.25, -0.2) is 0 Å². The largest absolute Gasteiger partial charge is 0.334 e. The molecule has 0 saturated carbocycles. The molecule has 2 unspecified atom stereocenters. The number of anilines is 4. The Morgan fingerprint density at radius 1 is 0.565 bits per heavy atom. The lowest BCUT2D eigenvalue weighted by Gasteiger charge is -2.44. The summed E-state index contributed by atoms with van der Waals surface area (Å²) in [4.78, 5) is 5.11. The van der Waals surface area contributed by atoms with Gasteiger partial charge >= 0.3 is 0 Å². The first-order chi connectivity index (χ1) is 30.2. The van der Waals surface area contributed by atoms with Crippen molar-refractivity contribution < 1.29 is 0 Å². The zero-order chi connectivity index (χ0) is 41.7. The Bertz CT molecular complexity index is 3160. The number of benzene rings is 7. The standard InChI is InChI=1S/C60H52N2/c1-59(2)51-15-7-11-19-57(51)62(58-20-12-8-16-52(58)59)46-30-34-50-49-32-24-40(36-53(49)60(3,4)54(50)38-46)22-21-39-23-31-47-43(35-39)27-28-44-37-45(29-33-48(44)47)61-55-17-9-5-13-41(55)25-26-42-14-6-10-18-56(42)61/h5-7,9-15,17-24,27-38,41,55H,8,16,25-26H2,1-4H3/b22-21+. The quantitative estimate of drug-likeness (QED) is 0.129. The van der Waals surface area contributed by atoms with E-state index in [1.165, 1.54) is 106 Å². The van der Waals surface area contributed by atoms with Gasteiger partial charge in [-0.15, -0.1) is 0 Å². The van der Waals surface area contributed by atoms with E-state index in [-0.39, 0.29) is 10.8 Å². The molecule has 3 aliphatic carbocycles. The second-order valence-corrected chi connectivity index (χ2v) is 19.2. The summed E-state index contributed by atoms with van der Waals surface area (Å²) in [5.41, 5.74) is 18.6. The number of allylic oxidation sites excluding steroid dienone is 5. The first-order valence-corrected chi connectivity index (χ1v) is 22.7. The molecule has 2 nitrogen and oxygen atoms in total. The van der Waals surface area contributed by atoms with Gasteiger partial charge in [0.2, 0.25) is 0 Å². The molecule has 7 aromatic rings. The predicted octanol–water partition coefficient (Wildman–Crippen LogP) is 15.7. The zero-order valence-corrected chi connectivity index (χ0v) is 36.2. The number of nitrogens with zero attached hydrogens (tertiary/aromatic N) is 2. The fourth-order valence-corrected chi connectivity index (χ4v) is 11.7. The number of hydrogen-bond donors (Lipinski definition) is 0. The van der Waals surface area contributed by atoms with Gasteiger partial charge in [-0.3, -0.25) is 0 Å². The molecule has 0 aromatic heterocycles. The molecular weight excluding hydrogens is 749 g/mol. The van der Waals surface area contributed by atoms with Crippen molar-refractivity contribution in [3.8, 4) is 11.1 Å². The Balaban J connectivity index is 0.837. The van der Waals surface area contributed by atoms with Crippen LogP contribution in [0.25, 0.3) is 44.8 Å². The Kier molecular flexibility index (Phi) is 8.35. The average molecular weight is 801 g/mol. The van der Waals surface area contributed by atoms with Gasteiger partial charge in [0.1, 0.15) is 0 Å². The average Bonchev–Trinajstić information content (AvgIpc) is 3.40. The van der Waals surface area contributed by atoms with E-state index in [1.807, 2.05) is 0 Å². The smallest absolute Gasteiger partial charge is 0.0588 e. The van der Waals surface area contributed by atoms with E-state index >= 15 is 0 Å². The molecule has 12 rings (SSSR count). The first-order valence-electron chi connectivity index (χ1n) is 22.7. The third-order valence-corrected chi connectivity index (χ3v) is 15.0. The van der Waals surface area contributed by atoms with Crippen molar-refractivity contribution in [3.05, 3.63) is 215 Å². The Labute approximate surface area is 366 Å². The highest BCUT2D eigenvalue weighted by Crippen LogP contribution is 2.54. The normalized spacial score (nSPS) is 20.2. The summed E-state index contributed by atoms with van der Waals surface area (Å²) in [7, 11) is 0. The van der Waals surface area contributed by atoms with Crippen LogP contribution in [0.15, 0.2) is 181 Å². The highest BCUT2D eigenvalue weighted by atomic mass is 15.2. The Morgan fingerprint density at radius 3 is 2.10 bits per heavy atom. The number of hydrogen-bond acceptors (Lipinski definition) is 2. The molecule has 0 radical (unpaired) electrons. The van der Waals surface area contributed by atoms with Crippen molar-refractivity contribution >= 4 is 56.4 Å². The van der Waals surface area contributed by atoms with Crippen LogP contribution >= 0.6 is 0 Å². The lowest BCUT2D eigenvalue weighted by molar-refractivity contribution is 0.535. The van der Waals surface area contributed by atoms with Crippen molar-refractivity contribution in [2.75, 3.05) is 9.80 Å². The van der Waals surface area contributed by atoms with Gasteiger partial charge in [-0.1, -0.05) is 161 Å². The van der Waals surface area contributed by atoms with E-state index in [1.54, 1.807) is 0 Å². The minimum Gasteiger partial charge on any atom is -0.334 e. The molecule has 302 valence electrons. The van der Waals surface area contributed by atoms with Crippen molar-refractivity contribution in [2.24, 2.45) is 5.92 Å². The first kappa shape index (κ1) is 37.1. The maximum Gasteiger partial charge on any atom is 0.0588 e. The highest BCUT2D eigenvalue weighted by molar-refractivity contribution is 6.09. The SMILES string of the molecule is CC1(C)C2=C(C=CCC2)N(c2ccc3c(c2)C(C)(C)c2cc(/C=C/c4ccc5c(ccc6cc(N7c8ccccc8CCC8C=CC=CC87)ccc65)c4)ccc2-3)c2ccccc21. The number of para-hydroxylation sites is 2. The molecule has 7 aromatic carbocycles. The number of fused-ring (bicyclic) bond motifs is 9. The molecule has 2 aliphatic heterocycles. The summed E-state index contributed by atoms with van der Waals surface area (Å²) in [5.74, 6) is 0.497. The fourth-order valence-electron chi connectivity index (χ4n) is 11.7. The van der Waals surface area contributed by atoms with Gasteiger partial charge in [0.05, 0.1) is 11.7 Å². The molecule has 2 atom stereocenters. The summed E-state index contributed by atoms with van der Waals surface area (Å²) in [6.45, 7) is 9.61. The van der Waals surface area contributed by atoms with Crippen LogP contribution in [-0.2, 0) is 17.3 Å². The van der Waals surface area contributed by atoms with E-state index < -0.39 is 0 Å². The topological polar surface area (TPSA) is 6.48 Å². The van der Waals surface area contributed by atoms with E-state index in [9.17, 15) is 0 Å². The van der Waals surface area contributed by atoms with Crippen LogP contribution in [0.2, 0.25) is 0 Å². The summed E-state index contributed by atoms with van der Waals surface area (Å²) in [5, 5.41) is 5.13. The second kappa shape index (κ2) is 13.9. The molecule has 2 heterocycles. The Hall–Kier alpha value is -6.64. The van der Waals surface area contributed by atoms with Gasteiger partial charge < -0.3 is 9.80 Å². The molecular formula is C60H52N2. The van der Waals surface area contributed by atoms with E-state index in [0.717, 1.165) is 19.3 Å². The van der Waals surface area contributed by atoms with E-state index in [2.05, 4.69) is 220 Å². The fraction of sp³-hybridized carbons (Fsp3) is 0.200. The molecule has 62 heavy (non-hydrogen) atoms. The van der Waals surface area contributed by atoms with Crippen LogP contribution in [0.1, 0.15) is 80.3 Å². The maximum atomic E-state index is 2.58. The van der Waals surface area contributed by atoms with E-state index in [4.69, 9.17) is 0 Å². The number of rotatable bonds is 4. The lowest BCUT2D eigenvalue weighted by Crippen LogP contribution is -2.35. The van der Waals surface area contributed by atoms with Crippen molar-refractivity contribution in [1.82, 2.24) is 0 Å². The molecule has 0 bridgehead atoms. The van der Waals surface area contributed by atoms with Crippen LogP contribution in [0, 0.1) is 5.92 Å². The van der Waals surface area contributed by atoms with Gasteiger partial charge in [0.25, 0.3) is 0 Å². The maximum absolute atomic E-state index is 2.58. The molecule has 0 spiro atoms. The van der Waals surface area contributed by atoms with Crippen LogP contribution in [0.4, 0.5) is 22.7 Å². The molecule has 2 heteroatoms. The minimum absolute atomic E-state index is 0.00539. The molecule has 0 saturated heterocycles. The van der Waals surface area contributed by atoms with Crippen molar-refractivity contribution in [1.29, 1.82) is 0 Å². The molecule has 0 amide bonds. The van der Waals surface area contributed by atoms with Gasteiger partial charge in [0, 0.05) is 39.5 Å². The third kappa shape index (κ3) is 5.69. The minimum atomic E-state index is -0.134. The summed E-state index contributed by atoms with van der Waals surface area (Å²) in [6.07, 6.45) is 23.0. The third-order valence-electron chi connectivity index (χ3n) is 15.0. The summed E-state index contributed by atoms with van der Waals surface area (Å²) >= 11 is 0.